The van der Waals surface area contributed by atoms with Crippen molar-refractivity contribution >= 4 is 23.2 Å². The van der Waals surface area contributed by atoms with Gasteiger partial charge in [0.2, 0.25) is 0 Å². The average molecular weight is 284 g/mol. The number of fused-ring (bicyclic) bond motifs is 1. The summed E-state index contributed by atoms with van der Waals surface area (Å²) in [4.78, 5) is 10.2. The smallest absolute Gasteiger partial charge is 0.170 e. The van der Waals surface area contributed by atoms with E-state index in [0.29, 0.717) is 0 Å². The van der Waals surface area contributed by atoms with Crippen molar-refractivity contribution < 1.29 is 0 Å². The molecule has 0 saturated heterocycles. The lowest BCUT2D eigenvalue weighted by atomic mass is 10.2. The second kappa shape index (κ2) is 5.17. The Morgan fingerprint density at radius 3 is 2.90 bits per heavy atom. The minimum atomic E-state index is 0.836. The molecule has 3 rings (SSSR count). The molecule has 0 bridgehead atoms. The molecule has 5 heteroatoms. The van der Waals surface area contributed by atoms with Crippen LogP contribution in [0.25, 0.3) is 5.65 Å². The van der Waals surface area contributed by atoms with Gasteiger partial charge in [-0.15, -0.1) is 0 Å². The molecule has 0 aliphatic rings. The van der Waals surface area contributed by atoms with Crippen molar-refractivity contribution in [2.45, 2.75) is 23.8 Å². The molecule has 20 heavy (non-hydrogen) atoms. The van der Waals surface area contributed by atoms with Crippen LogP contribution in [-0.4, -0.2) is 21.4 Å². The Kier molecular flexibility index (Phi) is 3.36. The number of rotatable bonds is 3. The molecule has 0 fully saturated rings. The van der Waals surface area contributed by atoms with E-state index in [9.17, 15) is 0 Å². The van der Waals surface area contributed by atoms with Crippen molar-refractivity contribution in [2.24, 2.45) is 0 Å². The number of aromatic nitrogens is 3. The molecular weight excluding hydrogens is 268 g/mol. The average Bonchev–Trinajstić information content (AvgIpc) is 2.91. The number of imidazole rings is 1. The largest absolute Gasteiger partial charge is 0.372 e. The van der Waals surface area contributed by atoms with E-state index in [2.05, 4.69) is 47.3 Å². The zero-order valence-electron chi connectivity index (χ0n) is 11.7. The molecule has 2 heterocycles. The summed E-state index contributed by atoms with van der Waals surface area (Å²) < 4.78 is 1.99. The molecule has 3 aromatic rings. The molecule has 0 spiro atoms. The third-order valence-electron chi connectivity index (χ3n) is 3.15. The number of anilines is 1. The van der Waals surface area contributed by atoms with Crippen LogP contribution in [0.15, 0.2) is 46.7 Å². The molecule has 0 radical (unpaired) electrons. The summed E-state index contributed by atoms with van der Waals surface area (Å²) in [6.45, 7) is 4.22. The fourth-order valence-electron chi connectivity index (χ4n) is 2.01. The van der Waals surface area contributed by atoms with E-state index in [1.165, 1.54) is 16.0 Å². The molecule has 4 nitrogen and oxygen atoms in total. The van der Waals surface area contributed by atoms with E-state index in [0.717, 1.165) is 16.5 Å². The van der Waals surface area contributed by atoms with Crippen molar-refractivity contribution in [3.05, 3.63) is 47.9 Å². The highest BCUT2D eigenvalue weighted by Gasteiger charge is 2.10. The van der Waals surface area contributed by atoms with Crippen molar-refractivity contribution in [3.63, 3.8) is 0 Å². The zero-order valence-corrected chi connectivity index (χ0v) is 12.5. The Balaban J connectivity index is 2.09. The van der Waals surface area contributed by atoms with Gasteiger partial charge in [-0.2, -0.15) is 0 Å². The van der Waals surface area contributed by atoms with Gasteiger partial charge in [0.15, 0.2) is 5.65 Å². The van der Waals surface area contributed by atoms with Crippen LogP contribution in [-0.2, 0) is 0 Å². The third kappa shape index (κ3) is 2.36. The maximum atomic E-state index is 4.63. The van der Waals surface area contributed by atoms with Crippen LogP contribution < -0.4 is 5.32 Å². The Labute approximate surface area is 122 Å². The highest BCUT2D eigenvalue weighted by molar-refractivity contribution is 7.99. The quantitative estimate of drug-likeness (QED) is 0.799. The summed E-state index contributed by atoms with van der Waals surface area (Å²) in [6, 6.07) is 6.46. The van der Waals surface area contributed by atoms with Gasteiger partial charge in [-0.3, -0.25) is 0 Å². The maximum Gasteiger partial charge on any atom is 0.170 e. The summed E-state index contributed by atoms with van der Waals surface area (Å²) in [5.74, 6) is 0.836. The Morgan fingerprint density at radius 1 is 1.25 bits per heavy atom. The molecule has 1 aromatic carbocycles. The highest BCUT2D eigenvalue weighted by atomic mass is 32.2. The van der Waals surface area contributed by atoms with Gasteiger partial charge in [-0.05, 0) is 31.0 Å². The van der Waals surface area contributed by atoms with Gasteiger partial charge in [0, 0.05) is 24.3 Å². The van der Waals surface area contributed by atoms with Gasteiger partial charge in [-0.1, -0.05) is 23.9 Å². The normalized spacial score (nSPS) is 10.9. The van der Waals surface area contributed by atoms with Gasteiger partial charge < -0.3 is 9.72 Å². The molecule has 0 saturated carbocycles. The molecule has 0 aliphatic carbocycles. The molecule has 102 valence electrons. The van der Waals surface area contributed by atoms with Crippen molar-refractivity contribution in [1.29, 1.82) is 0 Å². The van der Waals surface area contributed by atoms with Crippen LogP contribution >= 0.6 is 11.8 Å². The molecule has 0 aliphatic heterocycles. The first kappa shape index (κ1) is 13.0. The monoisotopic (exact) mass is 284 g/mol. The molecule has 2 aromatic heterocycles. The lowest BCUT2D eigenvalue weighted by Gasteiger charge is -2.09. The van der Waals surface area contributed by atoms with Crippen LogP contribution in [0.3, 0.4) is 0 Å². The first-order chi connectivity index (χ1) is 9.67. The topological polar surface area (TPSA) is 42.2 Å². The zero-order chi connectivity index (χ0) is 14.1. The number of nitrogens with one attached hydrogen (secondary N) is 1. The van der Waals surface area contributed by atoms with E-state index in [1.54, 1.807) is 18.0 Å². The minimum Gasteiger partial charge on any atom is -0.372 e. The van der Waals surface area contributed by atoms with E-state index in [1.807, 2.05) is 23.8 Å². The lowest BCUT2D eigenvalue weighted by Crippen LogP contribution is -1.98. The standard InChI is InChI=1S/C15H16N4S/c1-10-4-5-11(2)12(8-10)20-15-14-17-6-7-19(14)9-13(16-3)18-15/h4-9,16H,1-3H3. The third-order valence-corrected chi connectivity index (χ3v) is 4.28. The van der Waals surface area contributed by atoms with Crippen LogP contribution in [0.4, 0.5) is 5.82 Å². The molecule has 0 atom stereocenters. The second-order valence-electron chi connectivity index (χ2n) is 4.71. The van der Waals surface area contributed by atoms with Gasteiger partial charge >= 0.3 is 0 Å². The van der Waals surface area contributed by atoms with Gasteiger partial charge in [-0.25, -0.2) is 9.97 Å². The number of hydrogen-bond acceptors (Lipinski definition) is 4. The van der Waals surface area contributed by atoms with E-state index >= 15 is 0 Å². The van der Waals surface area contributed by atoms with Crippen LogP contribution in [0, 0.1) is 13.8 Å². The summed E-state index contributed by atoms with van der Waals surface area (Å²) in [5.41, 5.74) is 3.39. The van der Waals surface area contributed by atoms with Crippen LogP contribution in [0.5, 0.6) is 0 Å². The molecule has 1 N–H and O–H groups in total. The molecule has 0 unspecified atom stereocenters. The number of nitrogens with zero attached hydrogens (tertiary/aromatic N) is 3. The van der Waals surface area contributed by atoms with Gasteiger partial charge in [0.25, 0.3) is 0 Å². The summed E-state index contributed by atoms with van der Waals surface area (Å²) in [6.07, 6.45) is 5.67. The van der Waals surface area contributed by atoms with Gasteiger partial charge in [0.1, 0.15) is 10.8 Å². The van der Waals surface area contributed by atoms with E-state index in [4.69, 9.17) is 0 Å². The second-order valence-corrected chi connectivity index (χ2v) is 5.74. The van der Waals surface area contributed by atoms with Crippen molar-refractivity contribution in [1.82, 2.24) is 14.4 Å². The van der Waals surface area contributed by atoms with Crippen molar-refractivity contribution in [3.8, 4) is 0 Å². The number of hydrogen-bond donors (Lipinski definition) is 1. The molecular formula is C15H16N4S. The maximum absolute atomic E-state index is 4.63. The minimum absolute atomic E-state index is 0.836. The molecule has 0 amide bonds. The Bertz CT molecular complexity index is 764. The van der Waals surface area contributed by atoms with E-state index in [-0.39, 0.29) is 0 Å². The Hall–Kier alpha value is -2.01. The fraction of sp³-hybridized carbons (Fsp3) is 0.200. The highest BCUT2D eigenvalue weighted by Crippen LogP contribution is 2.32. The van der Waals surface area contributed by atoms with Crippen LogP contribution in [0.1, 0.15) is 11.1 Å². The summed E-state index contributed by atoms with van der Waals surface area (Å²) >= 11 is 1.66. The predicted molar refractivity (Wildman–Crippen MR) is 82.6 cm³/mol. The lowest BCUT2D eigenvalue weighted by molar-refractivity contribution is 1.03. The predicted octanol–water partition coefficient (Wildman–Crippen LogP) is 3.54. The van der Waals surface area contributed by atoms with E-state index < -0.39 is 0 Å². The van der Waals surface area contributed by atoms with Crippen LogP contribution in [0.2, 0.25) is 0 Å². The number of aryl methyl sites for hydroxylation is 2. The Morgan fingerprint density at radius 2 is 2.10 bits per heavy atom. The van der Waals surface area contributed by atoms with Gasteiger partial charge in [0.05, 0.1) is 6.20 Å². The first-order valence-electron chi connectivity index (χ1n) is 6.44. The SMILES string of the molecule is CNc1cn2ccnc2c(Sc2cc(C)ccc2C)n1. The fourth-order valence-corrected chi connectivity index (χ4v) is 3.09. The van der Waals surface area contributed by atoms with Crippen molar-refractivity contribution in [2.75, 3.05) is 12.4 Å². The summed E-state index contributed by atoms with van der Waals surface area (Å²) in [5, 5.41) is 4.00. The number of benzene rings is 1. The first-order valence-corrected chi connectivity index (χ1v) is 7.25. The summed E-state index contributed by atoms with van der Waals surface area (Å²) in [7, 11) is 1.87.